The number of benzene rings is 3. The molecule has 0 bridgehead atoms. The normalized spacial score (nSPS) is 12.5. The second kappa shape index (κ2) is 10.5. The Morgan fingerprint density at radius 2 is 1.76 bits per heavy atom. The van der Waals surface area contributed by atoms with E-state index in [1.165, 1.54) is 49.6 Å². The van der Waals surface area contributed by atoms with Crippen LogP contribution in [-0.2, 0) is 16.6 Å². The van der Waals surface area contributed by atoms with Gasteiger partial charge in [-0.15, -0.1) is 0 Å². The van der Waals surface area contributed by atoms with Gasteiger partial charge < -0.3 is 9.84 Å². The minimum Gasteiger partial charge on any atom is -0.496 e. The molecule has 0 amide bonds. The highest BCUT2D eigenvalue weighted by molar-refractivity contribution is 7.89. The van der Waals surface area contributed by atoms with E-state index < -0.39 is 33.7 Å². The zero-order valence-electron chi connectivity index (χ0n) is 18.3. The van der Waals surface area contributed by atoms with Crippen LogP contribution in [0.3, 0.4) is 0 Å². The third-order valence-corrected chi connectivity index (χ3v) is 7.43. The highest BCUT2D eigenvalue weighted by Crippen LogP contribution is 2.34. The highest BCUT2D eigenvalue weighted by Gasteiger charge is 2.33. The van der Waals surface area contributed by atoms with Gasteiger partial charge >= 0.3 is 5.97 Å². The molecule has 10 heteroatoms. The maximum Gasteiger partial charge on any atom is 0.339 e. The number of carboxylic acid groups (broad SMARTS) is 1. The molecule has 3 rings (SSSR count). The Bertz CT molecular complexity index is 1300. The fourth-order valence-corrected chi connectivity index (χ4v) is 5.45. The molecule has 1 N–H and O–H groups in total. The lowest BCUT2D eigenvalue weighted by atomic mass is 10.0. The topological polar surface area (TPSA) is 83.9 Å². The molecule has 0 heterocycles. The van der Waals surface area contributed by atoms with E-state index in [1.54, 1.807) is 6.92 Å². The van der Waals surface area contributed by atoms with Crippen molar-refractivity contribution in [2.24, 2.45) is 0 Å². The van der Waals surface area contributed by atoms with E-state index in [2.05, 4.69) is 0 Å². The van der Waals surface area contributed by atoms with Crippen molar-refractivity contribution in [1.29, 1.82) is 0 Å². The number of sulfonamides is 1. The Balaban J connectivity index is 2.17. The molecular formula is C24H22ClF2NO5S. The Morgan fingerprint density at radius 1 is 1.09 bits per heavy atom. The van der Waals surface area contributed by atoms with Crippen molar-refractivity contribution < 1.29 is 31.8 Å². The molecule has 0 aliphatic heterocycles. The van der Waals surface area contributed by atoms with E-state index in [4.69, 9.17) is 16.3 Å². The van der Waals surface area contributed by atoms with Crippen LogP contribution in [0.2, 0.25) is 5.02 Å². The van der Waals surface area contributed by atoms with E-state index in [1.807, 2.05) is 0 Å². The van der Waals surface area contributed by atoms with Crippen LogP contribution in [0.15, 0.2) is 65.6 Å². The van der Waals surface area contributed by atoms with Gasteiger partial charge in [0, 0.05) is 17.1 Å². The Morgan fingerprint density at radius 3 is 2.35 bits per heavy atom. The number of carbonyl (C=O) groups is 1. The molecule has 0 saturated carbocycles. The van der Waals surface area contributed by atoms with Crippen LogP contribution in [0.25, 0.3) is 0 Å². The van der Waals surface area contributed by atoms with Gasteiger partial charge in [0.15, 0.2) is 0 Å². The van der Waals surface area contributed by atoms with Crippen LogP contribution in [0.1, 0.15) is 40.9 Å². The molecule has 1 unspecified atom stereocenters. The molecule has 34 heavy (non-hydrogen) atoms. The molecule has 3 aromatic rings. The lowest BCUT2D eigenvalue weighted by Gasteiger charge is -2.31. The first kappa shape index (κ1) is 25.6. The number of methoxy groups -OCH3 is 1. The van der Waals surface area contributed by atoms with Crippen LogP contribution >= 0.6 is 11.6 Å². The average Bonchev–Trinajstić information content (AvgIpc) is 2.81. The Kier molecular flexibility index (Phi) is 7.91. The highest BCUT2D eigenvalue weighted by atomic mass is 35.5. The number of rotatable bonds is 9. The summed E-state index contributed by atoms with van der Waals surface area (Å²) in [6.45, 7) is 1.35. The van der Waals surface area contributed by atoms with E-state index >= 15 is 0 Å². The molecule has 0 aliphatic rings. The summed E-state index contributed by atoms with van der Waals surface area (Å²) in [7, 11) is -2.93. The van der Waals surface area contributed by atoms with Gasteiger partial charge in [0.2, 0.25) is 10.0 Å². The molecule has 1 atom stereocenters. The molecule has 0 aliphatic carbocycles. The van der Waals surface area contributed by atoms with Gasteiger partial charge in [-0.3, -0.25) is 0 Å². The number of hydrogen-bond acceptors (Lipinski definition) is 4. The van der Waals surface area contributed by atoms with Gasteiger partial charge in [-0.05, 0) is 66.6 Å². The van der Waals surface area contributed by atoms with Crippen molar-refractivity contribution in [3.8, 4) is 5.75 Å². The standard InChI is InChI=1S/C24H22ClF2NO5S/c1-3-22(19-13-17(26)7-10-21(19)27)28(34(31,32)18-8-5-16(25)6-9-18)14-15-4-11-23(33-2)20(12-15)24(29)30/h4-13,22H,3,14H2,1-2H3,(H,29,30). The zero-order valence-corrected chi connectivity index (χ0v) is 19.9. The van der Waals surface area contributed by atoms with E-state index in [-0.39, 0.29) is 34.7 Å². The number of carboxylic acids is 1. The van der Waals surface area contributed by atoms with Crippen LogP contribution in [0.5, 0.6) is 5.75 Å². The average molecular weight is 510 g/mol. The first-order valence-electron chi connectivity index (χ1n) is 10.2. The van der Waals surface area contributed by atoms with Crippen molar-refractivity contribution in [3.05, 3.63) is 94.0 Å². The van der Waals surface area contributed by atoms with Gasteiger partial charge in [-0.1, -0.05) is 24.6 Å². The summed E-state index contributed by atoms with van der Waals surface area (Å²) in [5.41, 5.74) is 0.0341. The largest absolute Gasteiger partial charge is 0.496 e. The predicted octanol–water partition coefficient (Wildman–Crippen LogP) is 5.67. The van der Waals surface area contributed by atoms with Crippen LogP contribution < -0.4 is 4.74 Å². The fraction of sp³-hybridized carbons (Fsp3) is 0.208. The summed E-state index contributed by atoms with van der Waals surface area (Å²) >= 11 is 5.90. The zero-order chi connectivity index (χ0) is 25.0. The summed E-state index contributed by atoms with van der Waals surface area (Å²) < 4.78 is 62.2. The third kappa shape index (κ3) is 5.38. The molecule has 6 nitrogen and oxygen atoms in total. The van der Waals surface area contributed by atoms with Gasteiger partial charge in [-0.25, -0.2) is 22.0 Å². The summed E-state index contributed by atoms with van der Waals surface area (Å²) in [5, 5.41) is 9.83. The summed E-state index contributed by atoms with van der Waals surface area (Å²) in [5.74, 6) is -2.62. The van der Waals surface area contributed by atoms with Crippen LogP contribution in [-0.4, -0.2) is 30.9 Å². The fourth-order valence-electron chi connectivity index (χ4n) is 3.65. The van der Waals surface area contributed by atoms with Crippen molar-refractivity contribution >= 4 is 27.6 Å². The maximum absolute atomic E-state index is 14.7. The number of aromatic carboxylic acids is 1. The second-order valence-corrected chi connectivity index (χ2v) is 9.76. The first-order valence-corrected chi connectivity index (χ1v) is 12.0. The molecule has 0 aromatic heterocycles. The van der Waals surface area contributed by atoms with E-state index in [0.717, 1.165) is 22.5 Å². The lowest BCUT2D eigenvalue weighted by Crippen LogP contribution is -2.35. The molecule has 3 aromatic carbocycles. The third-order valence-electron chi connectivity index (χ3n) is 5.30. The van der Waals surface area contributed by atoms with Gasteiger partial charge in [-0.2, -0.15) is 4.31 Å². The number of halogens is 3. The van der Waals surface area contributed by atoms with Crippen molar-refractivity contribution in [2.45, 2.75) is 30.8 Å². The molecule has 180 valence electrons. The van der Waals surface area contributed by atoms with Gasteiger partial charge in [0.1, 0.15) is 22.9 Å². The van der Waals surface area contributed by atoms with E-state index in [0.29, 0.717) is 10.6 Å². The second-order valence-electron chi connectivity index (χ2n) is 7.43. The Labute approximate surface area is 201 Å². The molecule has 0 fully saturated rings. The smallest absolute Gasteiger partial charge is 0.339 e. The molecule has 0 radical (unpaired) electrons. The van der Waals surface area contributed by atoms with Crippen LogP contribution in [0, 0.1) is 11.6 Å². The molecular weight excluding hydrogens is 488 g/mol. The summed E-state index contributed by atoms with van der Waals surface area (Å²) in [6, 6.07) is 11.4. The number of ether oxygens (including phenoxy) is 1. The minimum atomic E-state index is -4.25. The number of hydrogen-bond donors (Lipinski definition) is 1. The lowest BCUT2D eigenvalue weighted by molar-refractivity contribution is 0.0693. The van der Waals surface area contributed by atoms with Crippen molar-refractivity contribution in [3.63, 3.8) is 0 Å². The predicted molar refractivity (Wildman–Crippen MR) is 124 cm³/mol. The maximum atomic E-state index is 14.7. The summed E-state index contributed by atoms with van der Waals surface area (Å²) in [4.78, 5) is 11.5. The van der Waals surface area contributed by atoms with Gasteiger partial charge in [0.05, 0.1) is 18.0 Å². The van der Waals surface area contributed by atoms with Crippen molar-refractivity contribution in [2.75, 3.05) is 7.11 Å². The SMILES string of the molecule is CCC(c1cc(F)ccc1F)N(Cc1ccc(OC)c(C(=O)O)c1)S(=O)(=O)c1ccc(Cl)cc1. The molecule has 0 saturated heterocycles. The summed E-state index contributed by atoms with van der Waals surface area (Å²) in [6.07, 6.45) is 0.120. The number of nitrogens with zero attached hydrogens (tertiary/aromatic N) is 1. The molecule has 0 spiro atoms. The van der Waals surface area contributed by atoms with E-state index in [9.17, 15) is 27.1 Å². The minimum absolute atomic E-state index is 0.0980. The van der Waals surface area contributed by atoms with Gasteiger partial charge in [0.25, 0.3) is 0 Å². The monoisotopic (exact) mass is 509 g/mol. The quantitative estimate of drug-likeness (QED) is 0.402. The van der Waals surface area contributed by atoms with Crippen molar-refractivity contribution in [1.82, 2.24) is 4.31 Å². The van der Waals surface area contributed by atoms with Crippen LogP contribution in [0.4, 0.5) is 8.78 Å². The Hall–Kier alpha value is -3.01. The first-order chi connectivity index (χ1) is 16.1.